The van der Waals surface area contributed by atoms with E-state index in [9.17, 15) is 5.11 Å². The molecule has 2 rings (SSSR count). The van der Waals surface area contributed by atoms with Crippen LogP contribution in [0.1, 0.15) is 22.8 Å². The molecule has 0 saturated heterocycles. The summed E-state index contributed by atoms with van der Waals surface area (Å²) in [6.07, 6.45) is -0.821. The number of aliphatic hydroxyl groups excluding tert-OH is 1. The second-order valence-corrected chi connectivity index (χ2v) is 4.95. The SMILES string of the molecule is COc1cc(C(O)c2cc(Cl)ccc2OC)ccc1C. The topological polar surface area (TPSA) is 38.7 Å². The van der Waals surface area contributed by atoms with Gasteiger partial charge in [-0.1, -0.05) is 23.7 Å². The van der Waals surface area contributed by atoms with Crippen LogP contribution in [-0.4, -0.2) is 19.3 Å². The van der Waals surface area contributed by atoms with Gasteiger partial charge in [-0.15, -0.1) is 0 Å². The normalized spacial score (nSPS) is 12.1. The van der Waals surface area contributed by atoms with Crippen molar-refractivity contribution in [1.29, 1.82) is 0 Å². The lowest BCUT2D eigenvalue weighted by molar-refractivity contribution is 0.214. The molecule has 0 aliphatic heterocycles. The highest BCUT2D eigenvalue weighted by Gasteiger charge is 2.17. The number of methoxy groups -OCH3 is 2. The highest BCUT2D eigenvalue weighted by atomic mass is 35.5. The van der Waals surface area contributed by atoms with E-state index in [0.29, 0.717) is 16.3 Å². The van der Waals surface area contributed by atoms with Crippen molar-refractivity contribution in [3.8, 4) is 11.5 Å². The van der Waals surface area contributed by atoms with Gasteiger partial charge in [0.25, 0.3) is 0 Å². The van der Waals surface area contributed by atoms with Crippen LogP contribution in [0.4, 0.5) is 0 Å². The molecular weight excluding hydrogens is 276 g/mol. The van der Waals surface area contributed by atoms with Gasteiger partial charge in [-0.05, 0) is 42.3 Å². The van der Waals surface area contributed by atoms with Gasteiger partial charge in [-0.25, -0.2) is 0 Å². The van der Waals surface area contributed by atoms with Crippen molar-refractivity contribution >= 4 is 11.6 Å². The van der Waals surface area contributed by atoms with E-state index >= 15 is 0 Å². The molecule has 1 atom stereocenters. The van der Waals surface area contributed by atoms with Crippen LogP contribution in [-0.2, 0) is 0 Å². The minimum Gasteiger partial charge on any atom is -0.496 e. The Morgan fingerprint density at radius 2 is 1.70 bits per heavy atom. The molecule has 0 bridgehead atoms. The number of halogens is 1. The molecule has 0 amide bonds. The molecule has 0 aliphatic rings. The summed E-state index contributed by atoms with van der Waals surface area (Å²) < 4.78 is 10.6. The van der Waals surface area contributed by atoms with Gasteiger partial charge in [0, 0.05) is 10.6 Å². The summed E-state index contributed by atoms with van der Waals surface area (Å²) in [5.74, 6) is 1.34. The Kier molecular flexibility index (Phi) is 4.53. The lowest BCUT2D eigenvalue weighted by Crippen LogP contribution is -2.03. The van der Waals surface area contributed by atoms with Crippen LogP contribution < -0.4 is 9.47 Å². The number of ether oxygens (including phenoxy) is 2. The van der Waals surface area contributed by atoms with E-state index in [4.69, 9.17) is 21.1 Å². The summed E-state index contributed by atoms with van der Waals surface area (Å²) in [7, 11) is 3.17. The number of rotatable bonds is 4. The first kappa shape index (κ1) is 14.7. The molecule has 0 aliphatic carbocycles. The molecule has 0 fully saturated rings. The Morgan fingerprint density at radius 3 is 2.35 bits per heavy atom. The molecule has 4 heteroatoms. The van der Waals surface area contributed by atoms with Gasteiger partial charge in [-0.3, -0.25) is 0 Å². The fraction of sp³-hybridized carbons (Fsp3) is 0.250. The van der Waals surface area contributed by atoms with Crippen LogP contribution >= 0.6 is 11.6 Å². The number of benzene rings is 2. The summed E-state index contributed by atoms with van der Waals surface area (Å²) in [6.45, 7) is 1.95. The maximum absolute atomic E-state index is 10.5. The smallest absolute Gasteiger partial charge is 0.125 e. The molecule has 2 aromatic rings. The third-order valence-electron chi connectivity index (χ3n) is 3.23. The Bertz CT molecular complexity index is 611. The first-order valence-electron chi connectivity index (χ1n) is 6.23. The summed E-state index contributed by atoms with van der Waals surface area (Å²) in [5, 5.41) is 11.1. The molecule has 1 unspecified atom stereocenters. The van der Waals surface area contributed by atoms with E-state index in [-0.39, 0.29) is 0 Å². The molecule has 20 heavy (non-hydrogen) atoms. The minimum atomic E-state index is -0.821. The summed E-state index contributed by atoms with van der Waals surface area (Å²) >= 11 is 6.00. The monoisotopic (exact) mass is 292 g/mol. The first-order chi connectivity index (χ1) is 9.56. The van der Waals surface area contributed by atoms with E-state index < -0.39 is 6.10 Å². The van der Waals surface area contributed by atoms with Crippen molar-refractivity contribution in [2.45, 2.75) is 13.0 Å². The maximum Gasteiger partial charge on any atom is 0.125 e. The molecule has 0 spiro atoms. The Hall–Kier alpha value is -1.71. The predicted octanol–water partition coefficient (Wildman–Crippen LogP) is 3.75. The van der Waals surface area contributed by atoms with Crippen LogP contribution in [0.3, 0.4) is 0 Å². The molecule has 3 nitrogen and oxygen atoms in total. The van der Waals surface area contributed by atoms with E-state index in [2.05, 4.69) is 0 Å². The zero-order chi connectivity index (χ0) is 14.7. The third-order valence-corrected chi connectivity index (χ3v) is 3.47. The average Bonchev–Trinajstić information content (AvgIpc) is 2.47. The van der Waals surface area contributed by atoms with Crippen molar-refractivity contribution in [3.05, 3.63) is 58.1 Å². The van der Waals surface area contributed by atoms with Crippen molar-refractivity contribution in [1.82, 2.24) is 0 Å². The lowest BCUT2D eigenvalue weighted by Gasteiger charge is -2.17. The van der Waals surface area contributed by atoms with Gasteiger partial charge in [0.1, 0.15) is 17.6 Å². The van der Waals surface area contributed by atoms with E-state index in [0.717, 1.165) is 16.9 Å². The fourth-order valence-electron chi connectivity index (χ4n) is 2.11. The maximum atomic E-state index is 10.5. The van der Waals surface area contributed by atoms with E-state index in [1.165, 1.54) is 0 Å². The van der Waals surface area contributed by atoms with Gasteiger partial charge in [0.2, 0.25) is 0 Å². The fourth-order valence-corrected chi connectivity index (χ4v) is 2.29. The Balaban J connectivity index is 2.45. The first-order valence-corrected chi connectivity index (χ1v) is 6.60. The van der Waals surface area contributed by atoms with Gasteiger partial charge in [-0.2, -0.15) is 0 Å². The summed E-state index contributed by atoms with van der Waals surface area (Å²) in [6, 6.07) is 10.8. The number of aryl methyl sites for hydroxylation is 1. The molecule has 0 radical (unpaired) electrons. The third kappa shape index (κ3) is 2.89. The molecule has 0 saturated carbocycles. The standard InChI is InChI=1S/C16H17ClO3/c1-10-4-5-11(8-15(10)20-3)16(18)13-9-12(17)6-7-14(13)19-2/h4-9,16,18H,1-3H3. The highest BCUT2D eigenvalue weighted by Crippen LogP contribution is 2.34. The van der Waals surface area contributed by atoms with Crippen molar-refractivity contribution < 1.29 is 14.6 Å². The molecule has 106 valence electrons. The summed E-state index contributed by atoms with van der Waals surface area (Å²) in [5.41, 5.74) is 2.38. The second-order valence-electron chi connectivity index (χ2n) is 4.52. The minimum absolute atomic E-state index is 0.555. The van der Waals surface area contributed by atoms with E-state index in [1.807, 2.05) is 25.1 Å². The predicted molar refractivity (Wildman–Crippen MR) is 79.8 cm³/mol. The van der Waals surface area contributed by atoms with Crippen molar-refractivity contribution in [2.75, 3.05) is 14.2 Å². The van der Waals surface area contributed by atoms with Crippen molar-refractivity contribution in [3.63, 3.8) is 0 Å². The Labute approximate surface area is 123 Å². The largest absolute Gasteiger partial charge is 0.496 e. The summed E-state index contributed by atoms with van der Waals surface area (Å²) in [4.78, 5) is 0. The molecule has 2 aromatic carbocycles. The molecule has 0 heterocycles. The zero-order valence-electron chi connectivity index (χ0n) is 11.7. The molecule has 1 N–H and O–H groups in total. The highest BCUT2D eigenvalue weighted by molar-refractivity contribution is 6.30. The number of aliphatic hydroxyl groups is 1. The number of hydrogen-bond donors (Lipinski definition) is 1. The molecule has 0 aromatic heterocycles. The van der Waals surface area contributed by atoms with E-state index in [1.54, 1.807) is 32.4 Å². The second kappa shape index (κ2) is 6.16. The molecular formula is C16H17ClO3. The quantitative estimate of drug-likeness (QED) is 0.933. The average molecular weight is 293 g/mol. The van der Waals surface area contributed by atoms with Gasteiger partial charge in [0.05, 0.1) is 14.2 Å². The lowest BCUT2D eigenvalue weighted by atomic mass is 9.99. The van der Waals surface area contributed by atoms with Crippen LogP contribution in [0, 0.1) is 6.92 Å². The number of hydrogen-bond acceptors (Lipinski definition) is 3. The van der Waals surface area contributed by atoms with Crippen LogP contribution in [0.5, 0.6) is 11.5 Å². The van der Waals surface area contributed by atoms with Gasteiger partial charge >= 0.3 is 0 Å². The van der Waals surface area contributed by atoms with Crippen LogP contribution in [0.15, 0.2) is 36.4 Å². The van der Waals surface area contributed by atoms with Gasteiger partial charge < -0.3 is 14.6 Å². The zero-order valence-corrected chi connectivity index (χ0v) is 12.4. The van der Waals surface area contributed by atoms with Crippen LogP contribution in [0.2, 0.25) is 5.02 Å². The van der Waals surface area contributed by atoms with Gasteiger partial charge in [0.15, 0.2) is 0 Å². The Morgan fingerprint density at radius 1 is 1.00 bits per heavy atom. The van der Waals surface area contributed by atoms with Crippen LogP contribution in [0.25, 0.3) is 0 Å². The van der Waals surface area contributed by atoms with Crippen molar-refractivity contribution in [2.24, 2.45) is 0 Å².